The van der Waals surface area contributed by atoms with E-state index in [4.69, 9.17) is 5.26 Å². The zero-order valence-corrected chi connectivity index (χ0v) is 12.8. The molecular formula is C15H19FN2O2S. The van der Waals surface area contributed by atoms with Gasteiger partial charge in [-0.25, -0.2) is 17.5 Å². The Morgan fingerprint density at radius 2 is 2.00 bits per heavy atom. The van der Waals surface area contributed by atoms with Crippen molar-refractivity contribution >= 4 is 10.0 Å². The van der Waals surface area contributed by atoms with E-state index in [0.717, 1.165) is 38.2 Å². The van der Waals surface area contributed by atoms with E-state index in [0.29, 0.717) is 0 Å². The van der Waals surface area contributed by atoms with Crippen molar-refractivity contribution in [2.24, 2.45) is 5.92 Å². The molecule has 0 saturated heterocycles. The summed E-state index contributed by atoms with van der Waals surface area (Å²) in [6.45, 7) is 2.02. The molecular weight excluding hydrogens is 291 g/mol. The maximum Gasteiger partial charge on any atom is 0.242 e. The summed E-state index contributed by atoms with van der Waals surface area (Å²) in [6.07, 6.45) is 4.93. The van der Waals surface area contributed by atoms with E-state index in [9.17, 15) is 12.8 Å². The van der Waals surface area contributed by atoms with Crippen LogP contribution in [-0.4, -0.2) is 14.5 Å². The molecule has 1 N–H and O–H groups in total. The van der Waals surface area contributed by atoms with Crippen LogP contribution >= 0.6 is 0 Å². The Bertz CT molecular complexity index is 652. The number of benzene rings is 1. The maximum absolute atomic E-state index is 13.6. The number of rotatable bonds is 3. The van der Waals surface area contributed by atoms with E-state index in [2.05, 4.69) is 4.72 Å². The number of nitrogens with one attached hydrogen (secondary N) is 1. The van der Waals surface area contributed by atoms with Crippen molar-refractivity contribution in [2.75, 3.05) is 0 Å². The van der Waals surface area contributed by atoms with Crippen LogP contribution in [0, 0.1) is 23.1 Å². The van der Waals surface area contributed by atoms with Crippen LogP contribution in [0.15, 0.2) is 23.1 Å². The third kappa shape index (κ3) is 3.60. The van der Waals surface area contributed by atoms with Crippen molar-refractivity contribution in [1.82, 2.24) is 4.72 Å². The van der Waals surface area contributed by atoms with Gasteiger partial charge in [0, 0.05) is 6.04 Å². The normalized spacial score (nSPS) is 23.3. The number of hydrogen-bond acceptors (Lipinski definition) is 3. The van der Waals surface area contributed by atoms with Crippen LogP contribution < -0.4 is 4.72 Å². The van der Waals surface area contributed by atoms with Crippen molar-refractivity contribution in [3.05, 3.63) is 29.6 Å². The summed E-state index contributed by atoms with van der Waals surface area (Å²) in [6, 6.07) is 5.14. The maximum atomic E-state index is 13.6. The molecule has 1 aliphatic carbocycles. The van der Waals surface area contributed by atoms with Gasteiger partial charge in [-0.2, -0.15) is 5.26 Å². The molecule has 1 fully saturated rings. The molecule has 0 heterocycles. The second kappa shape index (κ2) is 6.54. The van der Waals surface area contributed by atoms with E-state index in [1.54, 1.807) is 6.07 Å². The fourth-order valence-electron chi connectivity index (χ4n) is 2.77. The Morgan fingerprint density at radius 1 is 1.29 bits per heavy atom. The monoisotopic (exact) mass is 310 g/mol. The number of sulfonamides is 1. The molecule has 4 nitrogen and oxygen atoms in total. The number of halogens is 1. The number of hydrogen-bond donors (Lipinski definition) is 1. The standard InChI is InChI=1S/C15H19FN2O2S/c1-11-6-3-2-4-8-14(11)18-21(19,20)15-9-5-7-13(16)12(15)10-17/h5,7,9,11,14,18H,2-4,6,8H2,1H3. The summed E-state index contributed by atoms with van der Waals surface area (Å²) in [7, 11) is -3.89. The van der Waals surface area contributed by atoms with Gasteiger partial charge in [-0.05, 0) is 30.9 Å². The second-order valence-electron chi connectivity index (χ2n) is 5.57. The minimum Gasteiger partial charge on any atom is -0.208 e. The van der Waals surface area contributed by atoms with Gasteiger partial charge in [0.25, 0.3) is 0 Å². The van der Waals surface area contributed by atoms with Crippen molar-refractivity contribution in [3.63, 3.8) is 0 Å². The van der Waals surface area contributed by atoms with Crippen molar-refractivity contribution in [1.29, 1.82) is 5.26 Å². The molecule has 0 spiro atoms. The fourth-order valence-corrected chi connectivity index (χ4v) is 4.31. The summed E-state index contributed by atoms with van der Waals surface area (Å²) in [5.41, 5.74) is -0.425. The molecule has 2 rings (SSSR count). The van der Waals surface area contributed by atoms with Gasteiger partial charge in [-0.3, -0.25) is 0 Å². The first-order valence-corrected chi connectivity index (χ1v) is 8.65. The first-order valence-electron chi connectivity index (χ1n) is 7.16. The summed E-state index contributed by atoms with van der Waals surface area (Å²) >= 11 is 0. The third-order valence-electron chi connectivity index (χ3n) is 4.04. The molecule has 2 atom stereocenters. The van der Waals surface area contributed by atoms with Crippen LogP contribution in [0.25, 0.3) is 0 Å². The Hall–Kier alpha value is -1.45. The number of nitrogens with zero attached hydrogens (tertiary/aromatic N) is 1. The van der Waals surface area contributed by atoms with Crippen molar-refractivity contribution in [3.8, 4) is 6.07 Å². The predicted molar refractivity (Wildman–Crippen MR) is 77.5 cm³/mol. The molecule has 114 valence electrons. The summed E-state index contributed by atoms with van der Waals surface area (Å²) < 4.78 is 41.2. The fraction of sp³-hybridized carbons (Fsp3) is 0.533. The van der Waals surface area contributed by atoms with Gasteiger partial charge < -0.3 is 0 Å². The lowest BCUT2D eigenvalue weighted by molar-refractivity contribution is 0.399. The Labute approximate surface area is 125 Å². The lowest BCUT2D eigenvalue weighted by Crippen LogP contribution is -2.39. The zero-order valence-electron chi connectivity index (χ0n) is 12.0. The van der Waals surface area contributed by atoms with Crippen LogP contribution in [-0.2, 0) is 10.0 Å². The summed E-state index contributed by atoms with van der Waals surface area (Å²) in [4.78, 5) is -0.276. The molecule has 0 radical (unpaired) electrons. The molecule has 21 heavy (non-hydrogen) atoms. The van der Waals surface area contributed by atoms with Gasteiger partial charge in [0.15, 0.2) is 0 Å². The van der Waals surface area contributed by atoms with E-state index in [1.165, 1.54) is 12.1 Å². The second-order valence-corrected chi connectivity index (χ2v) is 7.25. The Kier molecular flexibility index (Phi) is 4.96. The van der Waals surface area contributed by atoms with E-state index >= 15 is 0 Å². The third-order valence-corrected chi connectivity index (χ3v) is 5.58. The first-order chi connectivity index (χ1) is 9.95. The smallest absolute Gasteiger partial charge is 0.208 e. The molecule has 0 amide bonds. The SMILES string of the molecule is CC1CCCCCC1NS(=O)(=O)c1cccc(F)c1C#N. The number of nitriles is 1. The lowest BCUT2D eigenvalue weighted by Gasteiger charge is -2.22. The first kappa shape index (κ1) is 15.9. The molecule has 0 aromatic heterocycles. The molecule has 0 bridgehead atoms. The molecule has 1 aromatic rings. The quantitative estimate of drug-likeness (QED) is 0.873. The van der Waals surface area contributed by atoms with Crippen LogP contribution in [0.3, 0.4) is 0 Å². The van der Waals surface area contributed by atoms with Gasteiger partial charge in [0.1, 0.15) is 22.3 Å². The molecule has 6 heteroatoms. The van der Waals surface area contributed by atoms with E-state index in [1.807, 2.05) is 6.92 Å². The van der Waals surface area contributed by atoms with Crippen LogP contribution in [0.4, 0.5) is 4.39 Å². The highest BCUT2D eigenvalue weighted by Crippen LogP contribution is 2.25. The van der Waals surface area contributed by atoms with Gasteiger partial charge in [-0.1, -0.05) is 32.3 Å². The largest absolute Gasteiger partial charge is 0.242 e. The molecule has 0 aliphatic heterocycles. The van der Waals surface area contributed by atoms with Crippen LogP contribution in [0.1, 0.15) is 44.6 Å². The molecule has 2 unspecified atom stereocenters. The minimum absolute atomic E-state index is 0.160. The van der Waals surface area contributed by atoms with Crippen LogP contribution in [0.5, 0.6) is 0 Å². The Balaban J connectivity index is 2.30. The van der Waals surface area contributed by atoms with E-state index < -0.39 is 21.4 Å². The van der Waals surface area contributed by atoms with Crippen molar-refractivity contribution in [2.45, 2.75) is 50.0 Å². The highest BCUT2D eigenvalue weighted by Gasteiger charge is 2.28. The average Bonchev–Trinajstić information content (AvgIpc) is 2.63. The highest BCUT2D eigenvalue weighted by atomic mass is 32.2. The molecule has 1 aliphatic rings. The minimum atomic E-state index is -3.89. The average molecular weight is 310 g/mol. The summed E-state index contributed by atoms with van der Waals surface area (Å²) in [5.74, 6) is -0.573. The molecule has 1 aromatic carbocycles. The van der Waals surface area contributed by atoms with Crippen molar-refractivity contribution < 1.29 is 12.8 Å². The van der Waals surface area contributed by atoms with Gasteiger partial charge in [0.2, 0.25) is 10.0 Å². The van der Waals surface area contributed by atoms with E-state index in [-0.39, 0.29) is 16.9 Å². The van der Waals surface area contributed by atoms with Crippen LogP contribution in [0.2, 0.25) is 0 Å². The predicted octanol–water partition coefficient (Wildman–Crippen LogP) is 2.94. The zero-order chi connectivity index (χ0) is 15.5. The molecule has 1 saturated carbocycles. The lowest BCUT2D eigenvalue weighted by atomic mass is 9.98. The van der Waals surface area contributed by atoms with Gasteiger partial charge in [0.05, 0.1) is 0 Å². The highest BCUT2D eigenvalue weighted by molar-refractivity contribution is 7.89. The Morgan fingerprint density at radius 3 is 2.71 bits per heavy atom. The van der Waals surface area contributed by atoms with Gasteiger partial charge >= 0.3 is 0 Å². The summed E-state index contributed by atoms with van der Waals surface area (Å²) in [5, 5.41) is 8.98. The van der Waals surface area contributed by atoms with Gasteiger partial charge in [-0.15, -0.1) is 0 Å². The topological polar surface area (TPSA) is 70.0 Å².